The second-order valence-electron chi connectivity index (χ2n) is 5.29. The van der Waals surface area contributed by atoms with Crippen LogP contribution in [0.3, 0.4) is 0 Å². The number of aryl methyl sites for hydroxylation is 2. The molecule has 0 atom stereocenters. The minimum absolute atomic E-state index is 0.162. The van der Waals surface area contributed by atoms with E-state index in [1.165, 1.54) is 32.1 Å². The Bertz CT molecular complexity index is 432. The van der Waals surface area contributed by atoms with Gasteiger partial charge in [-0.25, -0.2) is 9.78 Å². The third-order valence-corrected chi connectivity index (χ3v) is 3.70. The summed E-state index contributed by atoms with van der Waals surface area (Å²) >= 11 is 0. The van der Waals surface area contributed by atoms with Gasteiger partial charge in [0.2, 0.25) is 0 Å². The first-order valence-corrected chi connectivity index (χ1v) is 7.35. The van der Waals surface area contributed by atoms with Crippen LogP contribution in [0, 0.1) is 0 Å². The Hall–Kier alpha value is -1.45. The third-order valence-electron chi connectivity index (χ3n) is 3.70. The Morgan fingerprint density at radius 2 is 1.53 bits per heavy atom. The second-order valence-corrected chi connectivity index (χ2v) is 5.29. The van der Waals surface area contributed by atoms with Gasteiger partial charge < -0.3 is 5.11 Å². The van der Waals surface area contributed by atoms with Gasteiger partial charge in [-0.2, -0.15) is 0 Å². The number of fused-ring (bicyclic) bond motifs is 11. The van der Waals surface area contributed by atoms with Gasteiger partial charge >= 0.3 is 5.97 Å². The van der Waals surface area contributed by atoms with Crippen LogP contribution in [0.15, 0.2) is 6.20 Å². The van der Waals surface area contributed by atoms with Crippen molar-refractivity contribution in [3.05, 3.63) is 23.3 Å². The fourth-order valence-corrected chi connectivity index (χ4v) is 2.58. The monoisotopic (exact) mass is 262 g/mol. The summed E-state index contributed by atoms with van der Waals surface area (Å²) in [6.45, 7) is 0. The SMILES string of the molecule is O=C(O)c1nc2cnc1CCCCCCCCCC2. The van der Waals surface area contributed by atoms with Crippen LogP contribution in [-0.2, 0) is 12.8 Å². The molecule has 1 aromatic rings. The van der Waals surface area contributed by atoms with Crippen LogP contribution in [0.2, 0.25) is 0 Å². The molecule has 0 aromatic carbocycles. The topological polar surface area (TPSA) is 63.1 Å². The average Bonchev–Trinajstić information content (AvgIpc) is 2.41. The van der Waals surface area contributed by atoms with Crippen molar-refractivity contribution in [3.63, 3.8) is 0 Å². The lowest BCUT2D eigenvalue weighted by atomic mass is 10.0. The van der Waals surface area contributed by atoms with E-state index in [1.807, 2.05) is 0 Å². The number of aromatic carboxylic acids is 1. The van der Waals surface area contributed by atoms with Gasteiger partial charge in [-0.15, -0.1) is 0 Å². The minimum atomic E-state index is -0.948. The highest BCUT2D eigenvalue weighted by Gasteiger charge is 2.14. The maximum atomic E-state index is 11.2. The molecule has 0 saturated carbocycles. The molecule has 0 aliphatic carbocycles. The molecule has 0 radical (unpaired) electrons. The van der Waals surface area contributed by atoms with Crippen molar-refractivity contribution in [1.82, 2.24) is 9.97 Å². The zero-order valence-corrected chi connectivity index (χ0v) is 11.4. The highest BCUT2D eigenvalue weighted by molar-refractivity contribution is 5.86. The van der Waals surface area contributed by atoms with Crippen molar-refractivity contribution in [2.24, 2.45) is 0 Å². The van der Waals surface area contributed by atoms with Gasteiger partial charge in [0.25, 0.3) is 0 Å². The first kappa shape index (κ1) is 14.0. The van der Waals surface area contributed by atoms with Crippen LogP contribution < -0.4 is 0 Å². The van der Waals surface area contributed by atoms with Gasteiger partial charge in [0.15, 0.2) is 5.69 Å². The van der Waals surface area contributed by atoms with Gasteiger partial charge in [0.1, 0.15) is 0 Å². The van der Waals surface area contributed by atoms with Gasteiger partial charge in [0, 0.05) is 6.20 Å². The summed E-state index contributed by atoms with van der Waals surface area (Å²) in [6, 6.07) is 0. The molecule has 0 spiro atoms. The first-order chi connectivity index (χ1) is 9.27. The number of carboxylic acids is 1. The number of rotatable bonds is 1. The van der Waals surface area contributed by atoms with Crippen molar-refractivity contribution in [2.75, 3.05) is 0 Å². The van der Waals surface area contributed by atoms with Crippen LogP contribution in [0.4, 0.5) is 0 Å². The second kappa shape index (κ2) is 7.22. The molecule has 2 bridgehead atoms. The molecule has 3 heterocycles. The molecule has 2 aliphatic heterocycles. The van der Waals surface area contributed by atoms with Crippen molar-refractivity contribution in [2.45, 2.75) is 64.2 Å². The number of carbonyl (C=O) groups is 1. The number of aromatic nitrogens is 2. The van der Waals surface area contributed by atoms with Gasteiger partial charge in [-0.3, -0.25) is 4.98 Å². The van der Waals surface area contributed by atoms with E-state index in [9.17, 15) is 9.90 Å². The molecule has 1 N–H and O–H groups in total. The van der Waals surface area contributed by atoms with E-state index in [2.05, 4.69) is 9.97 Å². The smallest absolute Gasteiger partial charge is 0.356 e. The largest absolute Gasteiger partial charge is 0.476 e. The quantitative estimate of drug-likeness (QED) is 0.842. The zero-order valence-electron chi connectivity index (χ0n) is 11.4. The predicted molar refractivity (Wildman–Crippen MR) is 73.3 cm³/mol. The molecule has 104 valence electrons. The van der Waals surface area contributed by atoms with E-state index in [0.717, 1.165) is 37.8 Å². The lowest BCUT2D eigenvalue weighted by Gasteiger charge is -2.09. The summed E-state index contributed by atoms with van der Waals surface area (Å²) in [6.07, 6.45) is 12.9. The summed E-state index contributed by atoms with van der Waals surface area (Å²) in [5, 5.41) is 9.23. The first-order valence-electron chi connectivity index (χ1n) is 7.35. The normalized spacial score (nSPS) is 17.9. The standard InChI is InChI=1S/C15H22N2O2/c18-15(19)14-13-10-8-6-4-2-1-3-5-7-9-12(17-14)11-16-13/h11H,1-10H2,(H,18,19). The Kier molecular flexibility index (Phi) is 5.31. The predicted octanol–water partition coefficient (Wildman–Crippen LogP) is 3.39. The van der Waals surface area contributed by atoms with E-state index >= 15 is 0 Å². The number of nitrogens with zero attached hydrogens (tertiary/aromatic N) is 2. The number of carboxylic acid groups (broad SMARTS) is 1. The van der Waals surface area contributed by atoms with Crippen molar-refractivity contribution in [1.29, 1.82) is 0 Å². The van der Waals surface area contributed by atoms with Gasteiger partial charge in [-0.1, -0.05) is 38.5 Å². The van der Waals surface area contributed by atoms with Crippen LogP contribution in [0.5, 0.6) is 0 Å². The highest BCUT2D eigenvalue weighted by Crippen LogP contribution is 2.15. The average molecular weight is 262 g/mol. The molecule has 3 rings (SSSR count). The van der Waals surface area contributed by atoms with E-state index in [1.54, 1.807) is 6.20 Å². The minimum Gasteiger partial charge on any atom is -0.476 e. The van der Waals surface area contributed by atoms with E-state index in [0.29, 0.717) is 5.69 Å². The number of hydrogen-bond donors (Lipinski definition) is 1. The van der Waals surface area contributed by atoms with Crippen LogP contribution in [-0.4, -0.2) is 21.0 Å². The highest BCUT2D eigenvalue weighted by atomic mass is 16.4. The molecule has 0 unspecified atom stereocenters. The zero-order chi connectivity index (χ0) is 13.5. The molecule has 2 aliphatic rings. The summed E-state index contributed by atoms with van der Waals surface area (Å²) in [4.78, 5) is 19.8. The fraction of sp³-hybridized carbons (Fsp3) is 0.667. The third kappa shape index (κ3) is 4.30. The summed E-state index contributed by atoms with van der Waals surface area (Å²) in [7, 11) is 0. The maximum Gasteiger partial charge on any atom is 0.356 e. The summed E-state index contributed by atoms with van der Waals surface area (Å²) in [5.41, 5.74) is 1.63. The lowest BCUT2D eigenvalue weighted by Crippen LogP contribution is -2.10. The molecule has 4 nitrogen and oxygen atoms in total. The Morgan fingerprint density at radius 3 is 2.16 bits per heavy atom. The van der Waals surface area contributed by atoms with Gasteiger partial charge in [-0.05, 0) is 25.7 Å². The molecular weight excluding hydrogens is 240 g/mol. The Morgan fingerprint density at radius 1 is 0.947 bits per heavy atom. The molecule has 0 saturated heterocycles. The van der Waals surface area contributed by atoms with Crippen LogP contribution in [0.25, 0.3) is 0 Å². The molecule has 19 heavy (non-hydrogen) atoms. The molecular formula is C15H22N2O2. The van der Waals surface area contributed by atoms with Gasteiger partial charge in [0.05, 0.1) is 11.4 Å². The van der Waals surface area contributed by atoms with E-state index < -0.39 is 5.97 Å². The maximum absolute atomic E-state index is 11.2. The Labute approximate surface area is 114 Å². The molecule has 4 heteroatoms. The Balaban J connectivity index is 2.15. The fourth-order valence-electron chi connectivity index (χ4n) is 2.58. The van der Waals surface area contributed by atoms with Crippen LogP contribution in [0.1, 0.15) is 73.2 Å². The van der Waals surface area contributed by atoms with Crippen LogP contribution >= 0.6 is 0 Å². The molecule has 0 fully saturated rings. The molecule has 1 aromatic heterocycles. The van der Waals surface area contributed by atoms with Crippen molar-refractivity contribution >= 4 is 5.97 Å². The van der Waals surface area contributed by atoms with Crippen molar-refractivity contribution in [3.8, 4) is 0 Å². The van der Waals surface area contributed by atoms with E-state index in [-0.39, 0.29) is 5.69 Å². The summed E-state index contributed by atoms with van der Waals surface area (Å²) in [5.74, 6) is -0.948. The van der Waals surface area contributed by atoms with E-state index in [4.69, 9.17) is 0 Å². The summed E-state index contributed by atoms with van der Waals surface area (Å²) < 4.78 is 0. The number of hydrogen-bond acceptors (Lipinski definition) is 3. The lowest BCUT2D eigenvalue weighted by molar-refractivity contribution is 0.0688. The molecule has 0 amide bonds. The van der Waals surface area contributed by atoms with Crippen molar-refractivity contribution < 1.29 is 9.90 Å².